The van der Waals surface area contributed by atoms with Crippen molar-refractivity contribution in [3.8, 4) is 17.1 Å². The summed E-state index contributed by atoms with van der Waals surface area (Å²) in [4.78, 5) is 25.5. The predicted molar refractivity (Wildman–Crippen MR) is 106 cm³/mol. The van der Waals surface area contributed by atoms with Gasteiger partial charge in [-0.2, -0.15) is 0 Å². The van der Waals surface area contributed by atoms with Crippen molar-refractivity contribution >= 4 is 17.7 Å². The van der Waals surface area contributed by atoms with Gasteiger partial charge < -0.3 is 9.15 Å². The minimum atomic E-state index is -0.531. The van der Waals surface area contributed by atoms with E-state index < -0.39 is 11.6 Å². The summed E-state index contributed by atoms with van der Waals surface area (Å²) in [6.07, 6.45) is 0. The first-order valence-corrected chi connectivity index (χ1v) is 9.46. The molecular formula is C22H20O4S. The third-order valence-corrected chi connectivity index (χ3v) is 5.10. The Kier molecular flexibility index (Phi) is 5.81. The van der Waals surface area contributed by atoms with E-state index in [9.17, 15) is 9.59 Å². The van der Waals surface area contributed by atoms with Gasteiger partial charge in [-0.1, -0.05) is 74.1 Å². The Morgan fingerprint density at radius 2 is 1.70 bits per heavy atom. The molecule has 0 atom stereocenters. The number of hydrogen-bond acceptors (Lipinski definition) is 5. The highest BCUT2D eigenvalue weighted by Gasteiger charge is 2.19. The first-order chi connectivity index (χ1) is 13.0. The van der Waals surface area contributed by atoms with E-state index >= 15 is 0 Å². The van der Waals surface area contributed by atoms with Crippen LogP contribution in [0.3, 0.4) is 0 Å². The number of esters is 1. The zero-order valence-corrected chi connectivity index (χ0v) is 16.2. The number of benzene rings is 2. The second-order valence-corrected chi connectivity index (χ2v) is 7.40. The number of rotatable bonds is 5. The molecule has 2 aromatic carbocycles. The molecule has 0 amide bonds. The molecule has 0 bridgehead atoms. The van der Waals surface area contributed by atoms with Crippen molar-refractivity contribution in [3.63, 3.8) is 0 Å². The Hall–Kier alpha value is -2.79. The van der Waals surface area contributed by atoms with Gasteiger partial charge in [0.2, 0.25) is 0 Å². The molecule has 1 heterocycles. The van der Waals surface area contributed by atoms with Gasteiger partial charge in [0.25, 0.3) is 0 Å². The maximum Gasteiger partial charge on any atom is 0.354 e. The molecular weight excluding hydrogens is 360 g/mol. The molecule has 0 fully saturated rings. The fourth-order valence-corrected chi connectivity index (χ4v) is 3.80. The quantitative estimate of drug-likeness (QED) is 0.547. The van der Waals surface area contributed by atoms with Crippen LogP contribution in [0.2, 0.25) is 0 Å². The fourth-order valence-electron chi connectivity index (χ4n) is 2.69. The molecule has 3 rings (SSSR count). The molecule has 0 saturated heterocycles. The number of carbonyl (C=O) groups excluding carboxylic acids is 1. The van der Waals surface area contributed by atoms with Gasteiger partial charge in [0.1, 0.15) is 10.7 Å². The van der Waals surface area contributed by atoms with Gasteiger partial charge in [-0.15, -0.1) is 0 Å². The van der Waals surface area contributed by atoms with Crippen LogP contribution in [0.25, 0.3) is 11.3 Å². The van der Waals surface area contributed by atoms with Gasteiger partial charge in [-0.3, -0.25) is 4.79 Å². The Morgan fingerprint density at radius 1 is 1.04 bits per heavy atom. The topological polar surface area (TPSA) is 56.5 Å². The van der Waals surface area contributed by atoms with Crippen LogP contribution in [0.4, 0.5) is 0 Å². The predicted octanol–water partition coefficient (Wildman–Crippen LogP) is 5.51. The van der Waals surface area contributed by atoms with Crippen LogP contribution in [0.15, 0.2) is 79.7 Å². The Balaban J connectivity index is 2.10. The second kappa shape index (κ2) is 8.27. The lowest BCUT2D eigenvalue weighted by Gasteiger charge is -2.13. The average molecular weight is 380 g/mol. The number of ether oxygens (including phenoxy) is 1. The summed E-state index contributed by atoms with van der Waals surface area (Å²) in [5.41, 5.74) is 1.32. The lowest BCUT2D eigenvalue weighted by atomic mass is 10.0. The van der Waals surface area contributed by atoms with E-state index in [0.717, 1.165) is 16.0 Å². The number of hydrogen-bond donors (Lipinski definition) is 0. The molecule has 5 heteroatoms. The van der Waals surface area contributed by atoms with Crippen LogP contribution in [-0.2, 0) is 4.79 Å². The summed E-state index contributed by atoms with van der Waals surface area (Å²) in [7, 11) is 0. The van der Waals surface area contributed by atoms with Gasteiger partial charge in [0.05, 0.1) is 0 Å². The Labute approximate surface area is 162 Å². The highest BCUT2D eigenvalue weighted by atomic mass is 32.2. The van der Waals surface area contributed by atoms with Crippen LogP contribution in [0, 0.1) is 0 Å². The first-order valence-electron chi connectivity index (χ1n) is 8.64. The maximum atomic E-state index is 12.7. The van der Waals surface area contributed by atoms with Gasteiger partial charge in [-0.05, 0) is 17.5 Å². The van der Waals surface area contributed by atoms with Crippen LogP contribution >= 0.6 is 11.8 Å². The van der Waals surface area contributed by atoms with Crippen LogP contribution in [0.5, 0.6) is 5.75 Å². The van der Waals surface area contributed by atoms with Gasteiger partial charge >= 0.3 is 11.6 Å². The largest absolute Gasteiger partial charge is 0.425 e. The Bertz CT molecular complexity index is 1010. The van der Waals surface area contributed by atoms with Crippen molar-refractivity contribution in [2.24, 2.45) is 0 Å². The summed E-state index contributed by atoms with van der Waals surface area (Å²) in [6, 6.07) is 18.7. The molecule has 0 aliphatic carbocycles. The molecule has 27 heavy (non-hydrogen) atoms. The maximum absolute atomic E-state index is 12.7. The molecule has 0 aliphatic heterocycles. The second-order valence-electron chi connectivity index (χ2n) is 6.35. The lowest BCUT2D eigenvalue weighted by molar-refractivity contribution is -0.132. The molecule has 0 aliphatic rings. The van der Waals surface area contributed by atoms with Crippen LogP contribution < -0.4 is 10.4 Å². The van der Waals surface area contributed by atoms with E-state index in [-0.39, 0.29) is 10.6 Å². The first kappa shape index (κ1) is 19.0. The molecule has 0 saturated carbocycles. The third kappa shape index (κ3) is 4.49. The smallest absolute Gasteiger partial charge is 0.354 e. The molecule has 0 N–H and O–H groups in total. The van der Waals surface area contributed by atoms with Crippen molar-refractivity contribution in [1.29, 1.82) is 0 Å². The molecule has 3 aromatic rings. The van der Waals surface area contributed by atoms with Crippen molar-refractivity contribution in [1.82, 2.24) is 0 Å². The Morgan fingerprint density at radius 3 is 2.37 bits per heavy atom. The van der Waals surface area contributed by atoms with E-state index in [1.807, 2.05) is 54.6 Å². The molecule has 4 nitrogen and oxygen atoms in total. The van der Waals surface area contributed by atoms with Crippen molar-refractivity contribution in [2.75, 3.05) is 0 Å². The summed E-state index contributed by atoms with van der Waals surface area (Å²) in [6.45, 7) is 5.49. The SMILES string of the molecule is CC(=O)Oc1cc(-c2ccccc2)oc(=O)c1Sc1ccccc1C(C)C. The molecule has 0 radical (unpaired) electrons. The molecule has 0 spiro atoms. The lowest BCUT2D eigenvalue weighted by Crippen LogP contribution is -2.10. The molecule has 138 valence electrons. The van der Waals surface area contributed by atoms with E-state index in [4.69, 9.17) is 9.15 Å². The summed E-state index contributed by atoms with van der Waals surface area (Å²) in [5, 5.41) is 0. The van der Waals surface area contributed by atoms with E-state index in [2.05, 4.69) is 13.8 Å². The van der Waals surface area contributed by atoms with E-state index in [1.165, 1.54) is 18.7 Å². The van der Waals surface area contributed by atoms with E-state index in [0.29, 0.717) is 11.7 Å². The standard InChI is InChI=1S/C22H20O4S/c1-14(2)17-11-7-8-12-20(17)27-21-19(25-15(3)23)13-18(26-22(21)24)16-9-5-4-6-10-16/h4-14H,1-3H3. The molecule has 0 unspecified atom stereocenters. The van der Waals surface area contributed by atoms with Gasteiger partial charge in [0, 0.05) is 23.4 Å². The highest BCUT2D eigenvalue weighted by molar-refractivity contribution is 7.99. The van der Waals surface area contributed by atoms with Crippen molar-refractivity contribution < 1.29 is 13.9 Å². The fraction of sp³-hybridized carbons (Fsp3) is 0.182. The normalized spacial score (nSPS) is 10.8. The monoisotopic (exact) mass is 380 g/mol. The average Bonchev–Trinajstić information content (AvgIpc) is 2.64. The zero-order chi connectivity index (χ0) is 19.4. The minimum absolute atomic E-state index is 0.209. The van der Waals surface area contributed by atoms with Crippen molar-refractivity contribution in [3.05, 3.63) is 76.6 Å². The molecule has 1 aromatic heterocycles. The summed E-state index contributed by atoms with van der Waals surface area (Å²) in [5.74, 6) is 0.375. The van der Waals surface area contributed by atoms with Crippen LogP contribution in [-0.4, -0.2) is 5.97 Å². The zero-order valence-electron chi connectivity index (χ0n) is 15.4. The minimum Gasteiger partial charge on any atom is -0.425 e. The summed E-state index contributed by atoms with van der Waals surface area (Å²) < 4.78 is 10.9. The third-order valence-electron chi connectivity index (χ3n) is 3.94. The highest BCUT2D eigenvalue weighted by Crippen LogP contribution is 2.38. The number of carbonyl (C=O) groups is 1. The summed E-state index contributed by atoms with van der Waals surface area (Å²) >= 11 is 1.26. The van der Waals surface area contributed by atoms with E-state index in [1.54, 1.807) is 6.07 Å². The van der Waals surface area contributed by atoms with Crippen LogP contribution in [0.1, 0.15) is 32.3 Å². The van der Waals surface area contributed by atoms with Crippen molar-refractivity contribution in [2.45, 2.75) is 36.5 Å². The van der Waals surface area contributed by atoms with Gasteiger partial charge in [0.15, 0.2) is 5.75 Å². The van der Waals surface area contributed by atoms with Gasteiger partial charge in [-0.25, -0.2) is 4.79 Å².